The van der Waals surface area contributed by atoms with Gasteiger partial charge in [-0.25, -0.2) is 14.3 Å². The molecule has 0 spiro atoms. The van der Waals surface area contributed by atoms with Crippen LogP contribution in [0.3, 0.4) is 0 Å². The summed E-state index contributed by atoms with van der Waals surface area (Å²) in [6.07, 6.45) is -8.05. The third kappa shape index (κ3) is 7.63. The minimum absolute atomic E-state index is 0.0700. The molecule has 0 bridgehead atoms. The summed E-state index contributed by atoms with van der Waals surface area (Å²) < 4.78 is 45.1. The molecule has 198 valence electrons. The Morgan fingerprint density at radius 1 is 1.11 bits per heavy atom. The molecule has 0 aliphatic carbocycles. The van der Waals surface area contributed by atoms with E-state index in [9.17, 15) is 27.6 Å². The van der Waals surface area contributed by atoms with E-state index in [4.69, 9.17) is 45.3 Å². The van der Waals surface area contributed by atoms with Gasteiger partial charge >= 0.3 is 18.0 Å². The van der Waals surface area contributed by atoms with E-state index in [-0.39, 0.29) is 28.0 Å². The van der Waals surface area contributed by atoms with Gasteiger partial charge in [0.05, 0.1) is 23.0 Å². The van der Waals surface area contributed by atoms with Crippen LogP contribution in [0.1, 0.15) is 18.1 Å². The third-order valence-electron chi connectivity index (χ3n) is 5.01. The highest BCUT2D eigenvalue weighted by molar-refractivity contribution is 6.42. The summed E-state index contributed by atoms with van der Waals surface area (Å²) in [6, 6.07) is 10.5. The van der Waals surface area contributed by atoms with Crippen LogP contribution in [-0.4, -0.2) is 39.1 Å². The first kappa shape index (κ1) is 28.4. The van der Waals surface area contributed by atoms with E-state index in [0.29, 0.717) is 10.6 Å². The molecule has 2 amide bonds. The normalized spacial score (nSPS) is 12.3. The van der Waals surface area contributed by atoms with Gasteiger partial charge in [0.25, 0.3) is 0 Å². The number of carbonyl (C=O) groups is 2. The number of alkyl halides is 3. The Labute approximate surface area is 222 Å². The average molecular weight is 581 g/mol. The van der Waals surface area contributed by atoms with Crippen LogP contribution in [0.4, 0.5) is 18.0 Å². The van der Waals surface area contributed by atoms with Crippen LogP contribution in [0.25, 0.3) is 11.4 Å². The van der Waals surface area contributed by atoms with Crippen molar-refractivity contribution < 1.29 is 27.5 Å². The van der Waals surface area contributed by atoms with Crippen molar-refractivity contribution in [2.45, 2.75) is 31.8 Å². The molecule has 9 nitrogen and oxygen atoms in total. The highest BCUT2D eigenvalue weighted by Crippen LogP contribution is 2.31. The van der Waals surface area contributed by atoms with Gasteiger partial charge in [0.2, 0.25) is 5.91 Å². The minimum Gasteiger partial charge on any atom is -0.440 e. The van der Waals surface area contributed by atoms with Crippen molar-refractivity contribution in [1.29, 1.82) is 0 Å². The van der Waals surface area contributed by atoms with E-state index < -0.39 is 49.5 Å². The summed E-state index contributed by atoms with van der Waals surface area (Å²) in [7, 11) is 0. The van der Waals surface area contributed by atoms with Crippen LogP contribution in [0.5, 0.6) is 0 Å². The van der Waals surface area contributed by atoms with E-state index in [1.54, 1.807) is 6.07 Å². The summed E-state index contributed by atoms with van der Waals surface area (Å²) >= 11 is 18.0. The fourth-order valence-corrected chi connectivity index (χ4v) is 3.88. The summed E-state index contributed by atoms with van der Waals surface area (Å²) in [5, 5.41) is 7.15. The minimum atomic E-state index is -4.52. The van der Waals surface area contributed by atoms with Crippen LogP contribution < -0.4 is 16.7 Å². The van der Waals surface area contributed by atoms with Crippen LogP contribution in [-0.2, 0) is 22.6 Å². The van der Waals surface area contributed by atoms with Gasteiger partial charge in [-0.2, -0.15) is 13.2 Å². The molecule has 0 radical (unpaired) electrons. The van der Waals surface area contributed by atoms with Crippen molar-refractivity contribution in [1.82, 2.24) is 19.7 Å². The zero-order valence-electron chi connectivity index (χ0n) is 18.8. The number of nitrogens with two attached hydrogens (primary N) is 1. The van der Waals surface area contributed by atoms with Gasteiger partial charge in [0, 0.05) is 22.7 Å². The molecule has 2 aromatic carbocycles. The number of hydrogen-bond donors (Lipinski definition) is 2. The molecule has 3 N–H and O–H groups in total. The number of nitrogens with zero attached hydrogens (tertiary/aromatic N) is 3. The number of halogens is 6. The van der Waals surface area contributed by atoms with Gasteiger partial charge < -0.3 is 15.8 Å². The second-order valence-electron chi connectivity index (χ2n) is 7.66. The molecule has 1 unspecified atom stereocenters. The number of primary amides is 1. The Kier molecular flexibility index (Phi) is 9.11. The summed E-state index contributed by atoms with van der Waals surface area (Å²) in [4.78, 5) is 36.8. The SMILES string of the molecule is NC(=O)OC(CNC(=O)Cn1nc(-c2ccc(Cl)cc2)n(CCC(F)(F)F)c1=O)c1cccc(Cl)c1Cl. The molecule has 0 saturated carbocycles. The molecule has 1 heterocycles. The predicted molar refractivity (Wildman–Crippen MR) is 130 cm³/mol. The molecule has 3 aromatic rings. The lowest BCUT2D eigenvalue weighted by molar-refractivity contribution is -0.136. The summed E-state index contributed by atoms with van der Waals surface area (Å²) in [5.74, 6) is -0.819. The van der Waals surface area contributed by atoms with Crippen molar-refractivity contribution >= 4 is 46.8 Å². The second kappa shape index (κ2) is 11.9. The predicted octanol–water partition coefficient (Wildman–Crippen LogP) is 4.58. The van der Waals surface area contributed by atoms with Crippen molar-refractivity contribution in [3.8, 4) is 11.4 Å². The summed E-state index contributed by atoms with van der Waals surface area (Å²) in [6.45, 7) is -1.63. The fraction of sp³-hybridized carbons (Fsp3) is 0.273. The first-order chi connectivity index (χ1) is 17.4. The van der Waals surface area contributed by atoms with E-state index in [2.05, 4.69) is 10.4 Å². The maximum absolute atomic E-state index is 12.9. The monoisotopic (exact) mass is 579 g/mol. The molecule has 3 rings (SSSR count). The molecule has 0 aliphatic rings. The zero-order chi connectivity index (χ0) is 27.3. The zero-order valence-corrected chi connectivity index (χ0v) is 21.0. The van der Waals surface area contributed by atoms with E-state index in [1.807, 2.05) is 0 Å². The lowest BCUT2D eigenvalue weighted by atomic mass is 10.1. The molecule has 1 aromatic heterocycles. The van der Waals surface area contributed by atoms with E-state index in [1.165, 1.54) is 36.4 Å². The third-order valence-corrected chi connectivity index (χ3v) is 6.09. The molecule has 0 aliphatic heterocycles. The maximum atomic E-state index is 12.9. The number of nitrogens with one attached hydrogen (secondary N) is 1. The topological polar surface area (TPSA) is 121 Å². The Balaban J connectivity index is 1.82. The highest BCUT2D eigenvalue weighted by atomic mass is 35.5. The molecule has 1 atom stereocenters. The number of ether oxygens (including phenoxy) is 1. The second-order valence-corrected chi connectivity index (χ2v) is 8.88. The molecule has 0 saturated heterocycles. The lowest BCUT2D eigenvalue weighted by Gasteiger charge is -2.19. The summed E-state index contributed by atoms with van der Waals surface area (Å²) in [5.41, 5.74) is 4.79. The highest BCUT2D eigenvalue weighted by Gasteiger charge is 2.29. The van der Waals surface area contributed by atoms with Gasteiger partial charge in [0.1, 0.15) is 12.6 Å². The van der Waals surface area contributed by atoms with Crippen molar-refractivity contribution in [2.24, 2.45) is 5.73 Å². The largest absolute Gasteiger partial charge is 0.440 e. The molecule has 15 heteroatoms. The number of hydrogen-bond acceptors (Lipinski definition) is 5. The van der Waals surface area contributed by atoms with Crippen LogP contribution in [0, 0.1) is 0 Å². The van der Waals surface area contributed by atoms with Crippen LogP contribution in [0.2, 0.25) is 15.1 Å². The number of aromatic nitrogens is 3. The van der Waals surface area contributed by atoms with Crippen molar-refractivity contribution in [3.05, 3.63) is 73.6 Å². The number of carbonyl (C=O) groups excluding carboxylic acids is 2. The first-order valence-corrected chi connectivity index (χ1v) is 11.7. The standard InChI is InChI=1S/C22H19Cl3F3N5O4/c23-13-6-4-12(5-7-13)19-31-33(21(36)32(19)9-8-22(26,27)28)11-17(34)30-10-16(37-20(29)35)14-2-1-3-15(24)18(14)25/h1-7,16H,8-11H2,(H2,29,35)(H,30,34). The Morgan fingerprint density at radius 2 is 1.78 bits per heavy atom. The van der Waals surface area contributed by atoms with Crippen molar-refractivity contribution in [2.75, 3.05) is 6.54 Å². The Morgan fingerprint density at radius 3 is 2.41 bits per heavy atom. The molecular weight excluding hydrogens is 562 g/mol. The van der Waals surface area contributed by atoms with E-state index in [0.717, 1.165) is 9.25 Å². The van der Waals surface area contributed by atoms with Gasteiger partial charge in [-0.1, -0.05) is 46.9 Å². The smallest absolute Gasteiger partial charge is 0.405 e. The molecular formula is C22H19Cl3F3N5O4. The van der Waals surface area contributed by atoms with Crippen LogP contribution in [0.15, 0.2) is 47.3 Å². The molecule has 37 heavy (non-hydrogen) atoms. The number of amides is 2. The number of benzene rings is 2. The first-order valence-electron chi connectivity index (χ1n) is 10.5. The van der Waals surface area contributed by atoms with Gasteiger partial charge in [-0.15, -0.1) is 5.10 Å². The van der Waals surface area contributed by atoms with Gasteiger partial charge in [-0.05, 0) is 30.3 Å². The fourth-order valence-electron chi connectivity index (χ4n) is 3.32. The van der Waals surface area contributed by atoms with Gasteiger partial charge in [0.15, 0.2) is 5.82 Å². The average Bonchev–Trinajstić information content (AvgIpc) is 3.12. The van der Waals surface area contributed by atoms with Crippen molar-refractivity contribution in [3.63, 3.8) is 0 Å². The Bertz CT molecular complexity index is 1340. The van der Waals surface area contributed by atoms with Gasteiger partial charge in [-0.3, -0.25) is 9.36 Å². The maximum Gasteiger partial charge on any atom is 0.405 e. The lowest BCUT2D eigenvalue weighted by Crippen LogP contribution is -2.37. The van der Waals surface area contributed by atoms with Crippen LogP contribution >= 0.6 is 34.8 Å². The number of rotatable bonds is 9. The Hall–Kier alpha value is -3.22. The molecule has 0 fully saturated rings. The quantitative estimate of drug-likeness (QED) is 0.384. The van der Waals surface area contributed by atoms with E-state index >= 15 is 0 Å².